The lowest BCUT2D eigenvalue weighted by atomic mass is 10.1. The highest BCUT2D eigenvalue weighted by molar-refractivity contribution is 6.38. The van der Waals surface area contributed by atoms with Crippen LogP contribution in [0.4, 0.5) is 5.69 Å². The number of ether oxygens (including phenoxy) is 1. The van der Waals surface area contributed by atoms with E-state index in [-0.39, 0.29) is 11.9 Å². The number of aryl methyl sites for hydroxylation is 1. The molecule has 0 spiro atoms. The molecule has 2 heterocycles. The van der Waals surface area contributed by atoms with Crippen LogP contribution in [0.5, 0.6) is 5.75 Å². The van der Waals surface area contributed by atoms with Gasteiger partial charge in [-0.15, -0.1) is 11.6 Å². The Kier molecular flexibility index (Phi) is 9.30. The number of anilines is 1. The summed E-state index contributed by atoms with van der Waals surface area (Å²) in [7, 11) is 1.67. The van der Waals surface area contributed by atoms with Crippen LogP contribution < -0.4 is 15.0 Å². The molecule has 2 unspecified atom stereocenters. The second-order valence-corrected chi connectivity index (χ2v) is 8.97. The van der Waals surface area contributed by atoms with Crippen LogP contribution in [0.15, 0.2) is 65.6 Å². The Morgan fingerprint density at radius 1 is 1.40 bits per heavy atom. The molecule has 2 aliphatic rings. The van der Waals surface area contributed by atoms with Crippen molar-refractivity contribution in [2.45, 2.75) is 31.2 Å². The van der Waals surface area contributed by atoms with Gasteiger partial charge in [0.15, 0.2) is 0 Å². The number of nitrogens with one attached hydrogen (secondary N) is 1. The van der Waals surface area contributed by atoms with Gasteiger partial charge in [-0.2, -0.15) is 0 Å². The molecule has 1 fully saturated rings. The number of terminal acetylenes is 1. The first kappa shape index (κ1) is 26.3. The van der Waals surface area contributed by atoms with Crippen LogP contribution in [0.25, 0.3) is 5.69 Å². The predicted molar refractivity (Wildman–Crippen MR) is 140 cm³/mol. The fraction of sp³-hybridized carbons (Fsp3) is 0.308. The summed E-state index contributed by atoms with van der Waals surface area (Å²) in [4.78, 5) is 19.4. The largest absolute Gasteiger partial charge is 0.494 e. The highest BCUT2D eigenvalue weighted by Crippen LogP contribution is 2.30. The van der Waals surface area contributed by atoms with Crippen LogP contribution in [-0.2, 0) is 4.79 Å². The first-order chi connectivity index (χ1) is 16.9. The fourth-order valence-corrected chi connectivity index (χ4v) is 4.32. The molecule has 2 N–H and O–H groups in total. The zero-order valence-electron chi connectivity index (χ0n) is 19.6. The van der Waals surface area contributed by atoms with Gasteiger partial charge in [-0.3, -0.25) is 4.79 Å². The van der Waals surface area contributed by atoms with E-state index in [9.17, 15) is 4.79 Å². The van der Waals surface area contributed by atoms with Crippen LogP contribution >= 0.6 is 23.2 Å². The quantitative estimate of drug-likeness (QED) is 0.455. The summed E-state index contributed by atoms with van der Waals surface area (Å²) < 4.78 is 7.58. The van der Waals surface area contributed by atoms with Gasteiger partial charge in [0.25, 0.3) is 5.91 Å². The minimum absolute atomic E-state index is 0.0454. The molecule has 2 aromatic rings. The maximum atomic E-state index is 12.8. The summed E-state index contributed by atoms with van der Waals surface area (Å²) in [5.41, 5.74) is 3.48. The smallest absolute Gasteiger partial charge is 0.251 e. The minimum atomic E-state index is -0.493. The molecule has 184 valence electrons. The zero-order chi connectivity index (χ0) is 25.4. The topological polar surface area (TPSA) is 79.6 Å². The first-order valence-electron chi connectivity index (χ1n) is 11.1. The van der Waals surface area contributed by atoms with Crippen molar-refractivity contribution in [3.05, 3.63) is 71.3 Å². The van der Waals surface area contributed by atoms with Crippen molar-refractivity contribution in [1.29, 1.82) is 0 Å². The molecule has 4 rings (SSSR count). The maximum Gasteiger partial charge on any atom is 0.251 e. The number of imidazole rings is 1. The van der Waals surface area contributed by atoms with Gasteiger partial charge in [0, 0.05) is 47.7 Å². The summed E-state index contributed by atoms with van der Waals surface area (Å²) in [5, 5.41) is 10.3. The standard InChI is InChI=1S/C24H26Cl2N4O2.C2H2O/c1-16-13-30(15-27-16)22-8-7-19(12-23(22)32-2)29-10-9-18(14-29)28-24(31)17-5-3-4-6-20(25)21(26)11-17;1-2-3/h3,5-8,11-13,15,18,21H,4,9-10,14H2,1-2H3,(H,28,31);1,3H/b5-3-,17-11?,20-6+;. The number of hydrogen-bond acceptors (Lipinski definition) is 5. The van der Waals surface area contributed by atoms with Gasteiger partial charge in [0.2, 0.25) is 0 Å². The molecule has 0 saturated carbocycles. The minimum Gasteiger partial charge on any atom is -0.494 e. The molecular weight excluding hydrogens is 487 g/mol. The van der Waals surface area contributed by atoms with E-state index < -0.39 is 5.38 Å². The first-order valence-corrected chi connectivity index (χ1v) is 11.9. The monoisotopic (exact) mass is 514 g/mol. The number of nitrogens with zero attached hydrogens (tertiary/aromatic N) is 3. The number of halogens is 2. The average Bonchev–Trinajstić information content (AvgIpc) is 3.48. The van der Waals surface area contributed by atoms with Crippen molar-refractivity contribution in [2.75, 3.05) is 25.1 Å². The molecule has 1 saturated heterocycles. The lowest BCUT2D eigenvalue weighted by Crippen LogP contribution is -2.37. The number of aromatic nitrogens is 2. The maximum absolute atomic E-state index is 12.8. The lowest BCUT2D eigenvalue weighted by molar-refractivity contribution is -0.117. The van der Waals surface area contributed by atoms with Gasteiger partial charge >= 0.3 is 0 Å². The third-order valence-corrected chi connectivity index (χ3v) is 6.50. The molecule has 35 heavy (non-hydrogen) atoms. The summed E-state index contributed by atoms with van der Waals surface area (Å²) in [6.07, 6.45) is 17.9. The van der Waals surface area contributed by atoms with Gasteiger partial charge in [-0.1, -0.05) is 36.3 Å². The molecule has 0 radical (unpaired) electrons. The molecule has 1 aromatic heterocycles. The van der Waals surface area contributed by atoms with E-state index in [2.05, 4.69) is 27.7 Å². The van der Waals surface area contributed by atoms with Crippen molar-refractivity contribution in [3.63, 3.8) is 0 Å². The molecule has 1 aliphatic carbocycles. The van der Waals surface area contributed by atoms with Crippen LogP contribution in [0.2, 0.25) is 0 Å². The van der Waals surface area contributed by atoms with Crippen molar-refractivity contribution >= 4 is 34.8 Å². The number of carbonyl (C=O) groups is 1. The Labute approximate surface area is 215 Å². The third-order valence-electron chi connectivity index (χ3n) is 5.64. The number of alkyl halides is 1. The van der Waals surface area contributed by atoms with Gasteiger partial charge < -0.3 is 24.6 Å². The molecular formula is C26H28Cl2N4O3. The molecule has 9 heteroatoms. The average molecular weight is 515 g/mol. The fourth-order valence-electron chi connectivity index (χ4n) is 3.94. The van der Waals surface area contributed by atoms with Crippen molar-refractivity contribution in [2.24, 2.45) is 0 Å². The lowest BCUT2D eigenvalue weighted by Gasteiger charge is -2.21. The van der Waals surface area contributed by atoms with E-state index in [4.69, 9.17) is 33.0 Å². The molecule has 1 amide bonds. The van der Waals surface area contributed by atoms with Crippen molar-refractivity contribution in [1.82, 2.24) is 14.9 Å². The van der Waals surface area contributed by atoms with E-state index in [0.717, 1.165) is 42.3 Å². The predicted octanol–water partition coefficient (Wildman–Crippen LogP) is 4.45. The Hall–Kier alpha value is -3.34. The Balaban J connectivity index is 0.00000108. The second-order valence-electron chi connectivity index (χ2n) is 8.06. The number of aliphatic hydroxyl groups is 1. The highest BCUT2D eigenvalue weighted by Gasteiger charge is 2.26. The van der Waals surface area contributed by atoms with Crippen LogP contribution in [0, 0.1) is 19.5 Å². The van der Waals surface area contributed by atoms with Crippen molar-refractivity contribution < 1.29 is 14.6 Å². The Morgan fingerprint density at radius 3 is 2.86 bits per heavy atom. The summed E-state index contributed by atoms with van der Waals surface area (Å²) in [6.45, 7) is 3.52. The van der Waals surface area contributed by atoms with E-state index in [0.29, 0.717) is 17.0 Å². The van der Waals surface area contributed by atoms with Gasteiger partial charge in [0.1, 0.15) is 11.9 Å². The van der Waals surface area contributed by atoms with E-state index in [1.807, 2.05) is 42.0 Å². The zero-order valence-corrected chi connectivity index (χ0v) is 21.1. The number of benzene rings is 1. The molecule has 1 aromatic carbocycles. The summed E-state index contributed by atoms with van der Waals surface area (Å²) in [6, 6.07) is 6.18. The number of rotatable bonds is 5. The molecule has 7 nitrogen and oxygen atoms in total. The van der Waals surface area contributed by atoms with Crippen LogP contribution in [0.1, 0.15) is 18.5 Å². The number of allylic oxidation sites excluding steroid dienone is 4. The normalized spacial score (nSPS) is 21.7. The molecule has 0 bridgehead atoms. The Bertz CT molecular complexity index is 1180. The summed E-state index contributed by atoms with van der Waals surface area (Å²) in [5.74, 6) is 0.642. The highest BCUT2D eigenvalue weighted by atomic mass is 35.5. The molecule has 1 aliphatic heterocycles. The number of aliphatic hydroxyl groups excluding tert-OH is 1. The second kappa shape index (κ2) is 12.4. The number of amides is 1. The van der Waals surface area contributed by atoms with E-state index in [1.54, 1.807) is 25.6 Å². The third kappa shape index (κ3) is 6.84. The van der Waals surface area contributed by atoms with Gasteiger partial charge in [-0.25, -0.2) is 4.98 Å². The van der Waals surface area contributed by atoms with Crippen LogP contribution in [0.3, 0.4) is 0 Å². The van der Waals surface area contributed by atoms with Crippen LogP contribution in [-0.4, -0.2) is 52.2 Å². The number of methoxy groups -OCH3 is 1. The Morgan fingerprint density at radius 2 is 2.17 bits per heavy atom. The van der Waals surface area contributed by atoms with Crippen molar-refractivity contribution in [3.8, 4) is 24.0 Å². The molecule has 2 atom stereocenters. The van der Waals surface area contributed by atoms with Gasteiger partial charge in [0.05, 0.1) is 30.2 Å². The van der Waals surface area contributed by atoms with E-state index >= 15 is 0 Å². The van der Waals surface area contributed by atoms with E-state index in [1.165, 1.54) is 6.11 Å². The number of carbonyl (C=O) groups excluding carboxylic acids is 1. The number of hydrogen-bond donors (Lipinski definition) is 2. The summed E-state index contributed by atoms with van der Waals surface area (Å²) >= 11 is 12.4. The van der Waals surface area contributed by atoms with Gasteiger partial charge in [-0.05, 0) is 38.0 Å². The SMILES string of the molecule is C#CO.COc1cc(N2CCC(NC(=O)C3=CC(Cl)/C(Cl)=C\C/C=C\3)C2)ccc1-n1cnc(C)c1.